The van der Waals surface area contributed by atoms with Crippen LogP contribution in [0.25, 0.3) is 99.9 Å². The molecule has 0 saturated carbocycles. The Bertz CT molecular complexity index is 4420. The van der Waals surface area contributed by atoms with Crippen LogP contribution in [0, 0.1) is 6.07 Å². The van der Waals surface area contributed by atoms with E-state index in [0.717, 1.165) is 66.9 Å². The summed E-state index contributed by atoms with van der Waals surface area (Å²) in [5.74, 6) is 0.958. The Hall–Kier alpha value is -7.07. The van der Waals surface area contributed by atoms with E-state index in [1.807, 2.05) is 6.20 Å². The number of rotatable bonds is 6. The molecule has 1 N–H and O–H groups in total. The summed E-state index contributed by atoms with van der Waals surface area (Å²) in [5.41, 5.74) is 20.1. The average Bonchev–Trinajstić information content (AvgIpc) is 1.54. The number of imidazole rings is 1. The van der Waals surface area contributed by atoms with Crippen molar-refractivity contribution in [3.63, 3.8) is 0 Å². The molecule has 0 atom stereocenters. The average molecular weight is 1320 g/mol. The van der Waals surface area contributed by atoms with Gasteiger partial charge in [0.1, 0.15) is 11.6 Å². The van der Waals surface area contributed by atoms with Crippen LogP contribution >= 0.6 is 0 Å². The molecule has 8 aromatic carbocycles. The van der Waals surface area contributed by atoms with Crippen LogP contribution in [0.4, 0.5) is 0 Å². The molecule has 3 heterocycles. The van der Waals surface area contributed by atoms with Gasteiger partial charge in [0.25, 0.3) is 0 Å². The van der Waals surface area contributed by atoms with Crippen molar-refractivity contribution in [1.82, 2.24) is 19.1 Å². The fourth-order valence-corrected chi connectivity index (χ4v) is 12.1. The third-order valence-electron chi connectivity index (χ3n) is 17.6. The van der Waals surface area contributed by atoms with Crippen molar-refractivity contribution >= 4 is 43.6 Å². The molecular weight excluding hydrogens is 1230 g/mol. The van der Waals surface area contributed by atoms with Crippen molar-refractivity contribution in [2.24, 2.45) is 0 Å². The molecular formula is C80H89N4OPt-. The van der Waals surface area contributed by atoms with Gasteiger partial charge in [-0.3, -0.25) is 9.55 Å². The van der Waals surface area contributed by atoms with Gasteiger partial charge in [-0.2, -0.15) is 0 Å². The van der Waals surface area contributed by atoms with E-state index in [9.17, 15) is 5.11 Å². The zero-order chi connectivity index (χ0) is 61.5. The first-order valence-electron chi connectivity index (χ1n) is 30.7. The van der Waals surface area contributed by atoms with Crippen molar-refractivity contribution < 1.29 is 26.2 Å². The van der Waals surface area contributed by atoms with Crippen LogP contribution in [0.3, 0.4) is 0 Å². The van der Waals surface area contributed by atoms with Gasteiger partial charge in [-0.1, -0.05) is 235 Å². The van der Waals surface area contributed by atoms with Crippen molar-refractivity contribution in [2.75, 3.05) is 0 Å². The van der Waals surface area contributed by atoms with Gasteiger partial charge in [-0.15, -0.1) is 29.3 Å². The molecule has 5 nitrogen and oxygen atoms in total. The summed E-state index contributed by atoms with van der Waals surface area (Å²) in [4.78, 5) is 10.9. The number of phenolic OH excluding ortho intramolecular Hbond substituents is 1. The van der Waals surface area contributed by atoms with E-state index in [4.69, 9.17) is 9.97 Å². The zero-order valence-corrected chi connectivity index (χ0v) is 57.3. The molecule has 11 rings (SSSR count). The standard InChI is InChI=1S/C80H89N4O.Pt/c1-74(2,3)53-31-29-50-36-55(76(7,8)9)47-70(63(50)44-53)84-67-27-23-22-25-61(67)62-32-30-48(40-69(62)84)49-33-34-81-66(39-49)52-35-51(37-54(38-52)75(4,5)6)60-26-24-28-68-71(60)82-73(64-45-58(79(16,17)18)46-65(72(64)85)80(19,20)21)83(68)59-42-56(77(10,11)12)41-57(43-59)78(13,14)15;/h22-34,36-47,85H,1-21H3;/q-1;. The van der Waals surface area contributed by atoms with Gasteiger partial charge in [0, 0.05) is 60.4 Å². The first kappa shape index (κ1) is 62.0. The van der Waals surface area contributed by atoms with Crippen molar-refractivity contribution in [2.45, 2.75) is 183 Å². The van der Waals surface area contributed by atoms with E-state index < -0.39 is 0 Å². The van der Waals surface area contributed by atoms with Crippen molar-refractivity contribution in [3.05, 3.63) is 197 Å². The maximum atomic E-state index is 12.7. The van der Waals surface area contributed by atoms with Gasteiger partial charge in [0.05, 0.1) is 33.3 Å². The Morgan fingerprint density at radius 3 is 1.58 bits per heavy atom. The van der Waals surface area contributed by atoms with Crippen LogP contribution in [0.2, 0.25) is 0 Å². The number of para-hydroxylation sites is 2. The minimum atomic E-state index is -0.338. The number of hydrogen-bond acceptors (Lipinski definition) is 3. The van der Waals surface area contributed by atoms with Gasteiger partial charge in [-0.25, -0.2) is 4.98 Å². The summed E-state index contributed by atoms with van der Waals surface area (Å²) >= 11 is 0. The number of fused-ring (bicyclic) bond motifs is 5. The quantitative estimate of drug-likeness (QED) is 0.169. The molecule has 11 aromatic rings. The van der Waals surface area contributed by atoms with E-state index >= 15 is 0 Å². The van der Waals surface area contributed by atoms with Crippen LogP contribution in [-0.2, 0) is 59.0 Å². The largest absolute Gasteiger partial charge is 0.507 e. The second-order valence-electron chi connectivity index (χ2n) is 31.5. The van der Waals surface area contributed by atoms with Crippen LogP contribution < -0.4 is 0 Å². The van der Waals surface area contributed by atoms with E-state index in [0.29, 0.717) is 11.4 Å². The Morgan fingerprint density at radius 1 is 0.395 bits per heavy atom. The number of aromatic hydroxyl groups is 1. The summed E-state index contributed by atoms with van der Waals surface area (Å²) < 4.78 is 4.82. The molecule has 0 aliphatic heterocycles. The predicted molar refractivity (Wildman–Crippen MR) is 364 cm³/mol. The molecule has 0 aliphatic carbocycles. The molecule has 0 amide bonds. The summed E-state index contributed by atoms with van der Waals surface area (Å²) in [7, 11) is 0. The van der Waals surface area contributed by atoms with E-state index in [-0.39, 0.29) is 64.7 Å². The number of phenols is 1. The molecule has 0 fully saturated rings. The Balaban J connectivity index is 0.00000820. The van der Waals surface area contributed by atoms with Crippen LogP contribution in [0.5, 0.6) is 5.75 Å². The molecule has 0 bridgehead atoms. The maximum Gasteiger partial charge on any atom is 0.148 e. The molecule has 86 heavy (non-hydrogen) atoms. The normalized spacial score (nSPS) is 13.1. The minimum Gasteiger partial charge on any atom is -0.507 e. The Morgan fingerprint density at radius 2 is 0.953 bits per heavy atom. The van der Waals surface area contributed by atoms with Gasteiger partial charge in [0.15, 0.2) is 0 Å². The number of pyridine rings is 1. The summed E-state index contributed by atoms with van der Waals surface area (Å²) in [6, 6.07) is 58.5. The molecule has 0 spiro atoms. The topological polar surface area (TPSA) is 55.9 Å². The van der Waals surface area contributed by atoms with Crippen LogP contribution in [0.1, 0.15) is 184 Å². The summed E-state index contributed by atoms with van der Waals surface area (Å²) in [6.45, 7) is 47.7. The van der Waals surface area contributed by atoms with Gasteiger partial charge in [-0.05, 0) is 137 Å². The number of benzene rings is 8. The predicted octanol–water partition coefficient (Wildman–Crippen LogP) is 21.9. The third-order valence-corrected chi connectivity index (χ3v) is 17.6. The van der Waals surface area contributed by atoms with E-state index in [1.54, 1.807) is 0 Å². The molecule has 446 valence electrons. The van der Waals surface area contributed by atoms with Crippen LogP contribution in [0.15, 0.2) is 152 Å². The molecule has 0 aliphatic rings. The number of nitrogens with zero attached hydrogens (tertiary/aromatic N) is 4. The third kappa shape index (κ3) is 11.6. The van der Waals surface area contributed by atoms with E-state index in [1.165, 1.54) is 60.6 Å². The fraction of sp³-hybridized carbons (Fsp3) is 0.350. The van der Waals surface area contributed by atoms with Crippen molar-refractivity contribution in [3.8, 4) is 62.0 Å². The zero-order valence-electron chi connectivity index (χ0n) is 55.0. The summed E-state index contributed by atoms with van der Waals surface area (Å²) in [6.07, 6.45) is 1.95. The molecule has 0 saturated heterocycles. The molecule has 0 radical (unpaired) electrons. The second-order valence-corrected chi connectivity index (χ2v) is 31.5. The fourth-order valence-electron chi connectivity index (χ4n) is 12.1. The second kappa shape index (κ2) is 21.4. The molecule has 3 aromatic heterocycles. The Kier molecular flexibility index (Phi) is 15.4. The van der Waals surface area contributed by atoms with Crippen molar-refractivity contribution in [1.29, 1.82) is 0 Å². The van der Waals surface area contributed by atoms with Gasteiger partial charge < -0.3 is 9.67 Å². The summed E-state index contributed by atoms with van der Waals surface area (Å²) in [5, 5.41) is 17.6. The Labute approximate surface area is 527 Å². The van der Waals surface area contributed by atoms with Gasteiger partial charge >= 0.3 is 0 Å². The monoisotopic (exact) mass is 1320 g/mol. The molecule has 6 heteroatoms. The molecule has 0 unspecified atom stereocenters. The van der Waals surface area contributed by atoms with Gasteiger partial charge in [0.2, 0.25) is 0 Å². The number of aromatic nitrogens is 4. The first-order chi connectivity index (χ1) is 39.4. The minimum absolute atomic E-state index is 0. The smallest absolute Gasteiger partial charge is 0.148 e. The SMILES string of the molecule is CC(C)(C)c1cc(-c2cc(-c3ccc4c5ccccc5n(-c5cc(C(C)(C)C)cc6ccc(C(C)(C)C)cc56)c4c3)ccn2)[c-]c(-c2cccc3c2nc(-c2cc(C(C)(C)C)cc(C(C)(C)C)c2O)n3-c2cc(C(C)(C)C)cc(C(C)(C)C)c2)c1.[Pt]. The number of hydrogen-bond donors (Lipinski definition) is 1. The van der Waals surface area contributed by atoms with E-state index in [2.05, 4.69) is 306 Å². The maximum absolute atomic E-state index is 12.7. The first-order valence-corrected chi connectivity index (χ1v) is 30.7. The van der Waals surface area contributed by atoms with Crippen LogP contribution in [-0.4, -0.2) is 24.2 Å².